The molecule has 32 heavy (non-hydrogen) atoms. The van der Waals surface area contributed by atoms with Crippen LogP contribution in [0.1, 0.15) is 73.2 Å². The summed E-state index contributed by atoms with van der Waals surface area (Å²) in [6.45, 7) is 7.50. The third-order valence-corrected chi connectivity index (χ3v) is 6.89. The highest BCUT2D eigenvalue weighted by Crippen LogP contribution is 2.30. The van der Waals surface area contributed by atoms with Gasteiger partial charge in [-0.25, -0.2) is 4.79 Å². The first-order valence-corrected chi connectivity index (χ1v) is 12.6. The fraction of sp³-hybridized carbons (Fsp3) is 0.538. The topological polar surface area (TPSA) is 58.1 Å². The van der Waals surface area contributed by atoms with E-state index in [1.54, 1.807) is 0 Å². The summed E-state index contributed by atoms with van der Waals surface area (Å²) < 4.78 is 8.81. The number of nitrogens with one attached hydrogen (secondary N) is 1. The van der Waals surface area contributed by atoms with E-state index in [-0.39, 0.29) is 24.1 Å². The van der Waals surface area contributed by atoms with Crippen molar-refractivity contribution in [2.75, 3.05) is 18.5 Å². The number of hydrogen-bond donors (Lipinski definition) is 1. The number of ether oxygens (including phenoxy) is 1. The molecular weight excluding hydrogens is 422 g/mol. The van der Waals surface area contributed by atoms with Crippen LogP contribution in [0.25, 0.3) is 0 Å². The monoisotopic (exact) mass is 458 g/mol. The summed E-state index contributed by atoms with van der Waals surface area (Å²) in [5.41, 5.74) is 2.77. The number of carbonyl (C=O) groups excluding carboxylic acids is 2. The third-order valence-electron chi connectivity index (χ3n) is 5.81. The smallest absolute Gasteiger partial charge is 0.350 e. The quantitative estimate of drug-likeness (QED) is 0.366. The van der Waals surface area contributed by atoms with Crippen molar-refractivity contribution in [2.24, 2.45) is 0 Å². The van der Waals surface area contributed by atoms with E-state index < -0.39 is 0 Å². The van der Waals surface area contributed by atoms with Gasteiger partial charge in [-0.2, -0.15) is 0 Å². The Morgan fingerprint density at radius 2 is 1.78 bits per heavy atom. The Kier molecular flexibility index (Phi) is 9.30. The number of carbonyl (C=O) groups is 2. The minimum atomic E-state index is -0.379. The summed E-state index contributed by atoms with van der Waals surface area (Å²) in [4.78, 5) is 26.0. The van der Waals surface area contributed by atoms with E-state index in [2.05, 4.69) is 33.9 Å². The SMILES string of the molecule is Cc1csc(C(=O)OC(C)C)c1NC(=O)CC(CCc1ccccc1)[O+]1CCCCCC1. The van der Waals surface area contributed by atoms with Gasteiger partial charge in [0, 0.05) is 19.3 Å². The van der Waals surface area contributed by atoms with Gasteiger partial charge in [-0.3, -0.25) is 4.79 Å². The van der Waals surface area contributed by atoms with Crippen molar-refractivity contribution in [3.05, 3.63) is 51.7 Å². The van der Waals surface area contributed by atoms with Crippen LogP contribution in [0.4, 0.5) is 5.69 Å². The van der Waals surface area contributed by atoms with Gasteiger partial charge in [0.15, 0.2) is 6.10 Å². The van der Waals surface area contributed by atoms with Gasteiger partial charge in [0.1, 0.15) is 18.1 Å². The molecule has 0 spiro atoms. The lowest BCUT2D eigenvalue weighted by molar-refractivity contribution is -0.193. The Balaban J connectivity index is 1.69. The minimum absolute atomic E-state index is 0.0556. The molecule has 1 aliphatic rings. The zero-order valence-electron chi connectivity index (χ0n) is 19.5. The van der Waals surface area contributed by atoms with E-state index in [0.29, 0.717) is 17.0 Å². The van der Waals surface area contributed by atoms with E-state index in [4.69, 9.17) is 4.74 Å². The molecule has 1 atom stereocenters. The van der Waals surface area contributed by atoms with Crippen LogP contribution in [-0.2, 0) is 20.3 Å². The van der Waals surface area contributed by atoms with Crippen LogP contribution >= 0.6 is 11.3 Å². The third kappa shape index (κ3) is 7.17. The average molecular weight is 459 g/mol. The molecule has 0 radical (unpaired) electrons. The minimum Gasteiger partial charge on any atom is -0.459 e. The fourth-order valence-corrected chi connectivity index (χ4v) is 5.02. The Morgan fingerprint density at radius 1 is 1.09 bits per heavy atom. The molecule has 3 rings (SSSR count). The summed E-state index contributed by atoms with van der Waals surface area (Å²) in [5, 5.41) is 4.92. The molecule has 0 aliphatic carbocycles. The van der Waals surface area contributed by atoms with Crippen LogP contribution in [0.3, 0.4) is 0 Å². The normalized spacial score (nSPS) is 15.9. The fourth-order valence-electron chi connectivity index (χ4n) is 4.14. The lowest BCUT2D eigenvalue weighted by atomic mass is 10.0. The van der Waals surface area contributed by atoms with E-state index in [1.807, 2.05) is 32.2 Å². The number of anilines is 1. The summed E-state index contributed by atoms with van der Waals surface area (Å²) in [7, 11) is 0. The summed E-state index contributed by atoms with van der Waals surface area (Å²) in [5.74, 6) is -0.434. The van der Waals surface area contributed by atoms with Crippen molar-refractivity contribution >= 4 is 28.9 Å². The Bertz CT molecular complexity index is 869. The molecule has 1 fully saturated rings. The second-order valence-electron chi connectivity index (χ2n) is 8.84. The van der Waals surface area contributed by atoms with Gasteiger partial charge in [-0.15, -0.1) is 11.3 Å². The molecule has 1 N–H and O–H groups in total. The van der Waals surface area contributed by atoms with Crippen molar-refractivity contribution < 1.29 is 18.7 Å². The largest absolute Gasteiger partial charge is 0.459 e. The number of thiophene rings is 1. The van der Waals surface area contributed by atoms with E-state index >= 15 is 0 Å². The van der Waals surface area contributed by atoms with Gasteiger partial charge in [0.05, 0.1) is 18.2 Å². The van der Waals surface area contributed by atoms with Crippen LogP contribution in [-0.4, -0.2) is 37.3 Å². The average Bonchev–Trinajstić information content (AvgIpc) is 2.95. The highest BCUT2D eigenvalue weighted by atomic mass is 32.1. The first-order chi connectivity index (χ1) is 15.4. The van der Waals surface area contributed by atoms with E-state index in [0.717, 1.165) is 44.5 Å². The molecule has 2 aromatic rings. The number of aryl methyl sites for hydroxylation is 2. The highest BCUT2D eigenvalue weighted by molar-refractivity contribution is 7.12. The molecule has 1 saturated heterocycles. The van der Waals surface area contributed by atoms with Gasteiger partial charge >= 0.3 is 5.97 Å². The molecule has 0 bridgehead atoms. The molecule has 5 nitrogen and oxygen atoms in total. The molecule has 174 valence electrons. The van der Waals surface area contributed by atoms with Gasteiger partial charge in [0.2, 0.25) is 5.91 Å². The zero-order valence-corrected chi connectivity index (χ0v) is 20.3. The van der Waals surface area contributed by atoms with Gasteiger partial charge in [0.25, 0.3) is 0 Å². The summed E-state index contributed by atoms with van der Waals surface area (Å²) in [6, 6.07) is 10.4. The zero-order chi connectivity index (χ0) is 22.9. The number of hydrogen-bond acceptors (Lipinski definition) is 4. The number of esters is 1. The molecule has 6 heteroatoms. The maximum absolute atomic E-state index is 13.1. The van der Waals surface area contributed by atoms with Crippen LogP contribution in [0.5, 0.6) is 0 Å². The summed E-state index contributed by atoms with van der Waals surface area (Å²) >= 11 is 1.32. The lowest BCUT2D eigenvalue weighted by Crippen LogP contribution is -2.33. The summed E-state index contributed by atoms with van der Waals surface area (Å²) in [6.07, 6.45) is 6.96. The van der Waals surface area contributed by atoms with Crippen LogP contribution in [0.2, 0.25) is 0 Å². The second-order valence-corrected chi connectivity index (χ2v) is 9.72. The molecule has 1 unspecified atom stereocenters. The van der Waals surface area contributed by atoms with Crippen molar-refractivity contribution in [3.63, 3.8) is 0 Å². The first kappa shape index (κ1) is 24.5. The van der Waals surface area contributed by atoms with Gasteiger partial charge in [-0.05, 0) is 56.5 Å². The van der Waals surface area contributed by atoms with Crippen molar-refractivity contribution in [1.82, 2.24) is 0 Å². The Labute approximate surface area is 195 Å². The molecule has 1 aliphatic heterocycles. The molecule has 0 saturated carbocycles. The molecule has 1 amide bonds. The molecule has 1 aromatic heterocycles. The number of benzene rings is 1. The number of amides is 1. The Morgan fingerprint density at radius 3 is 2.44 bits per heavy atom. The second kappa shape index (κ2) is 12.2. The maximum Gasteiger partial charge on any atom is 0.350 e. The van der Waals surface area contributed by atoms with Gasteiger partial charge in [-0.1, -0.05) is 30.3 Å². The van der Waals surface area contributed by atoms with Crippen molar-refractivity contribution in [3.8, 4) is 0 Å². The predicted octanol–water partition coefficient (Wildman–Crippen LogP) is 6.08. The molecule has 2 heterocycles. The maximum atomic E-state index is 13.1. The highest BCUT2D eigenvalue weighted by Gasteiger charge is 2.29. The van der Waals surface area contributed by atoms with Crippen LogP contribution in [0.15, 0.2) is 35.7 Å². The van der Waals surface area contributed by atoms with Crippen LogP contribution < -0.4 is 5.32 Å². The van der Waals surface area contributed by atoms with E-state index in [9.17, 15) is 9.59 Å². The molecule has 1 aromatic carbocycles. The number of rotatable bonds is 9. The van der Waals surface area contributed by atoms with Crippen LogP contribution in [0, 0.1) is 6.92 Å². The van der Waals surface area contributed by atoms with Crippen molar-refractivity contribution in [2.45, 2.75) is 77.9 Å². The van der Waals surface area contributed by atoms with Gasteiger partial charge < -0.3 is 14.4 Å². The van der Waals surface area contributed by atoms with Crippen molar-refractivity contribution in [1.29, 1.82) is 0 Å². The van der Waals surface area contributed by atoms with E-state index in [1.165, 1.54) is 29.7 Å². The standard InChI is InChI=1S/C26H35NO4S/c1-19(2)30-26(29)25-24(20(3)18-32-25)27-23(28)17-22(31-15-9-4-5-10-16-31)14-13-21-11-7-6-8-12-21/h6-8,11-12,18-19,22H,4-5,9-10,13-17H2,1-3H3/p+1. The lowest BCUT2D eigenvalue weighted by Gasteiger charge is -2.27. The first-order valence-electron chi connectivity index (χ1n) is 11.7. The predicted molar refractivity (Wildman–Crippen MR) is 131 cm³/mol. The Hall–Kier alpha value is -2.18. The molecular formula is C26H36NO4S+.